The molecule has 1 aliphatic heterocycles. The second kappa shape index (κ2) is 6.86. The molecule has 1 heterocycles. The number of ether oxygens (including phenoxy) is 2. The molecule has 3 heteroatoms. The Hall–Kier alpha value is -2.00. The Kier molecular flexibility index (Phi) is 4.44. The molecule has 24 heavy (non-hydrogen) atoms. The van der Waals surface area contributed by atoms with Gasteiger partial charge in [0, 0.05) is 6.04 Å². The first-order valence-corrected chi connectivity index (χ1v) is 9.05. The highest BCUT2D eigenvalue weighted by molar-refractivity contribution is 5.42. The summed E-state index contributed by atoms with van der Waals surface area (Å²) in [5, 5.41) is 0. The van der Waals surface area contributed by atoms with E-state index in [-0.39, 0.29) is 6.10 Å². The van der Waals surface area contributed by atoms with Gasteiger partial charge >= 0.3 is 0 Å². The lowest BCUT2D eigenvalue weighted by Crippen LogP contribution is -2.31. The van der Waals surface area contributed by atoms with Gasteiger partial charge in [0.15, 0.2) is 0 Å². The Morgan fingerprint density at radius 3 is 2.50 bits per heavy atom. The van der Waals surface area contributed by atoms with Crippen LogP contribution >= 0.6 is 0 Å². The first-order valence-electron chi connectivity index (χ1n) is 9.05. The molecule has 0 bridgehead atoms. The standard InChI is InChI=1S/C21H25NO2/c22-17-7-9-18(10-8-17)23-19-11-13-21-16(14-19)6-12-20(24-21)15-4-2-1-3-5-15/h1-5,11,13-14,17-18,20H,6-10,12,22H2. The summed E-state index contributed by atoms with van der Waals surface area (Å²) >= 11 is 0. The van der Waals surface area contributed by atoms with Gasteiger partial charge in [-0.1, -0.05) is 30.3 Å². The van der Waals surface area contributed by atoms with Crippen molar-refractivity contribution in [2.75, 3.05) is 0 Å². The summed E-state index contributed by atoms with van der Waals surface area (Å²) in [5.74, 6) is 1.96. The van der Waals surface area contributed by atoms with E-state index in [0.29, 0.717) is 12.1 Å². The van der Waals surface area contributed by atoms with E-state index < -0.39 is 0 Å². The van der Waals surface area contributed by atoms with Crippen LogP contribution in [0.4, 0.5) is 0 Å². The second-order valence-electron chi connectivity index (χ2n) is 6.98. The van der Waals surface area contributed by atoms with E-state index in [2.05, 4.69) is 36.4 Å². The monoisotopic (exact) mass is 323 g/mol. The minimum Gasteiger partial charge on any atom is -0.490 e. The summed E-state index contributed by atoms with van der Waals surface area (Å²) in [6.45, 7) is 0. The maximum atomic E-state index is 6.20. The quantitative estimate of drug-likeness (QED) is 0.910. The number of benzene rings is 2. The third kappa shape index (κ3) is 3.41. The molecule has 0 saturated heterocycles. The fourth-order valence-electron chi connectivity index (χ4n) is 3.74. The van der Waals surface area contributed by atoms with Crippen LogP contribution in [0.25, 0.3) is 0 Å². The van der Waals surface area contributed by atoms with E-state index in [9.17, 15) is 0 Å². The third-order valence-electron chi connectivity index (χ3n) is 5.17. The van der Waals surface area contributed by atoms with Crippen molar-refractivity contribution in [3.8, 4) is 11.5 Å². The zero-order valence-electron chi connectivity index (χ0n) is 14.0. The molecule has 1 fully saturated rings. The van der Waals surface area contributed by atoms with E-state index in [4.69, 9.17) is 15.2 Å². The largest absolute Gasteiger partial charge is 0.490 e. The summed E-state index contributed by atoms with van der Waals surface area (Å²) in [7, 11) is 0. The zero-order chi connectivity index (χ0) is 16.4. The lowest BCUT2D eigenvalue weighted by atomic mass is 9.93. The van der Waals surface area contributed by atoms with Crippen molar-refractivity contribution in [2.24, 2.45) is 5.73 Å². The predicted molar refractivity (Wildman–Crippen MR) is 95.4 cm³/mol. The topological polar surface area (TPSA) is 44.5 Å². The van der Waals surface area contributed by atoms with Crippen molar-refractivity contribution in [3.63, 3.8) is 0 Å². The Morgan fingerprint density at radius 1 is 0.917 bits per heavy atom. The van der Waals surface area contributed by atoms with E-state index >= 15 is 0 Å². The van der Waals surface area contributed by atoms with E-state index in [1.165, 1.54) is 11.1 Å². The highest BCUT2D eigenvalue weighted by Gasteiger charge is 2.23. The van der Waals surface area contributed by atoms with Crippen LogP contribution in [0.3, 0.4) is 0 Å². The molecule has 3 nitrogen and oxygen atoms in total. The number of hydrogen-bond acceptors (Lipinski definition) is 3. The first kappa shape index (κ1) is 15.5. The number of rotatable bonds is 3. The van der Waals surface area contributed by atoms with Crippen LogP contribution in [0.15, 0.2) is 48.5 Å². The highest BCUT2D eigenvalue weighted by Crippen LogP contribution is 2.37. The molecule has 2 aliphatic rings. The minimum atomic E-state index is 0.158. The molecule has 1 aliphatic carbocycles. The van der Waals surface area contributed by atoms with Gasteiger partial charge in [0.1, 0.15) is 17.6 Å². The van der Waals surface area contributed by atoms with Gasteiger partial charge in [0.05, 0.1) is 6.10 Å². The molecule has 2 aromatic rings. The van der Waals surface area contributed by atoms with Crippen molar-refractivity contribution >= 4 is 0 Å². The Balaban J connectivity index is 1.43. The van der Waals surface area contributed by atoms with Gasteiger partial charge < -0.3 is 15.2 Å². The minimum absolute atomic E-state index is 0.158. The van der Waals surface area contributed by atoms with Crippen molar-refractivity contribution in [1.82, 2.24) is 0 Å². The Labute approximate surface area is 143 Å². The van der Waals surface area contributed by atoms with E-state index in [1.54, 1.807) is 0 Å². The molecule has 126 valence electrons. The van der Waals surface area contributed by atoms with Crippen LogP contribution in [-0.2, 0) is 6.42 Å². The zero-order valence-corrected chi connectivity index (χ0v) is 14.0. The molecule has 2 N–H and O–H groups in total. The fraction of sp³-hybridized carbons (Fsp3) is 0.429. The SMILES string of the molecule is NC1CCC(Oc2ccc3c(c2)CCC(c2ccccc2)O3)CC1. The van der Waals surface area contributed by atoms with Gasteiger partial charge in [0.25, 0.3) is 0 Å². The summed E-state index contributed by atoms with van der Waals surface area (Å²) in [4.78, 5) is 0. The number of fused-ring (bicyclic) bond motifs is 1. The number of hydrogen-bond donors (Lipinski definition) is 1. The fourth-order valence-corrected chi connectivity index (χ4v) is 3.74. The van der Waals surface area contributed by atoms with Gasteiger partial charge in [-0.15, -0.1) is 0 Å². The molecule has 2 aromatic carbocycles. The molecule has 0 amide bonds. The molecule has 1 saturated carbocycles. The molecule has 1 atom stereocenters. The van der Waals surface area contributed by atoms with Crippen LogP contribution < -0.4 is 15.2 Å². The van der Waals surface area contributed by atoms with Crippen molar-refractivity contribution in [1.29, 1.82) is 0 Å². The lowest BCUT2D eigenvalue weighted by Gasteiger charge is -2.29. The Bertz CT molecular complexity index is 677. The summed E-state index contributed by atoms with van der Waals surface area (Å²) in [6, 6.07) is 17.1. The van der Waals surface area contributed by atoms with E-state index in [1.807, 2.05) is 12.1 Å². The predicted octanol–water partition coefficient (Wildman–Crippen LogP) is 4.40. The summed E-state index contributed by atoms with van der Waals surface area (Å²) in [5.41, 5.74) is 8.48. The second-order valence-corrected chi connectivity index (χ2v) is 6.98. The maximum Gasteiger partial charge on any atom is 0.124 e. The third-order valence-corrected chi connectivity index (χ3v) is 5.17. The molecular formula is C21H25NO2. The molecule has 4 rings (SSSR count). The van der Waals surface area contributed by atoms with Crippen LogP contribution in [0.5, 0.6) is 11.5 Å². The van der Waals surface area contributed by atoms with Gasteiger partial charge in [0.2, 0.25) is 0 Å². The van der Waals surface area contributed by atoms with Crippen molar-refractivity contribution in [2.45, 2.75) is 56.8 Å². The van der Waals surface area contributed by atoms with Crippen LogP contribution in [0, 0.1) is 0 Å². The van der Waals surface area contributed by atoms with Gasteiger partial charge in [-0.2, -0.15) is 0 Å². The summed E-state index contributed by atoms with van der Waals surface area (Å²) < 4.78 is 12.4. The average Bonchev–Trinajstić information content (AvgIpc) is 2.64. The smallest absolute Gasteiger partial charge is 0.124 e. The number of aryl methyl sites for hydroxylation is 1. The molecule has 1 unspecified atom stereocenters. The maximum absolute atomic E-state index is 6.20. The average molecular weight is 323 g/mol. The Morgan fingerprint density at radius 2 is 1.71 bits per heavy atom. The van der Waals surface area contributed by atoms with Crippen LogP contribution in [0.1, 0.15) is 49.3 Å². The normalized spacial score (nSPS) is 26.3. The van der Waals surface area contributed by atoms with Crippen molar-refractivity contribution < 1.29 is 9.47 Å². The first-order chi connectivity index (χ1) is 11.8. The molecule has 0 radical (unpaired) electrons. The van der Waals surface area contributed by atoms with Gasteiger partial charge in [-0.3, -0.25) is 0 Å². The number of nitrogens with two attached hydrogens (primary N) is 1. The van der Waals surface area contributed by atoms with Crippen molar-refractivity contribution in [3.05, 3.63) is 59.7 Å². The molecular weight excluding hydrogens is 298 g/mol. The van der Waals surface area contributed by atoms with Gasteiger partial charge in [-0.25, -0.2) is 0 Å². The summed E-state index contributed by atoms with van der Waals surface area (Å²) in [6.07, 6.45) is 6.76. The lowest BCUT2D eigenvalue weighted by molar-refractivity contribution is 0.145. The highest BCUT2D eigenvalue weighted by atomic mass is 16.5. The van der Waals surface area contributed by atoms with Gasteiger partial charge in [-0.05, 0) is 67.9 Å². The van der Waals surface area contributed by atoms with E-state index in [0.717, 1.165) is 50.0 Å². The van der Waals surface area contributed by atoms with Crippen LogP contribution in [-0.4, -0.2) is 12.1 Å². The molecule has 0 aromatic heterocycles. The van der Waals surface area contributed by atoms with Crippen LogP contribution in [0.2, 0.25) is 0 Å². The molecule has 0 spiro atoms.